The SMILES string of the molecule is N#Cc1cncc(C[C@H]2CC[C@H](C(=O)O)CC2)c1. The second kappa shape index (κ2) is 5.63. The number of pyridine rings is 1. The average molecular weight is 244 g/mol. The van der Waals surface area contributed by atoms with Gasteiger partial charge < -0.3 is 5.11 Å². The zero-order valence-electron chi connectivity index (χ0n) is 10.2. The molecule has 1 heterocycles. The van der Waals surface area contributed by atoms with Crippen LogP contribution >= 0.6 is 0 Å². The molecule has 1 saturated carbocycles. The monoisotopic (exact) mass is 244 g/mol. The van der Waals surface area contributed by atoms with Gasteiger partial charge in [-0.05, 0) is 49.7 Å². The van der Waals surface area contributed by atoms with Crippen LogP contribution in [0.2, 0.25) is 0 Å². The predicted octanol–water partition coefficient (Wildman–Crippen LogP) is 2.39. The molecule has 0 radical (unpaired) electrons. The molecule has 1 aromatic heterocycles. The van der Waals surface area contributed by atoms with Crippen LogP contribution in [0.3, 0.4) is 0 Å². The van der Waals surface area contributed by atoms with E-state index in [0.717, 1.165) is 37.7 Å². The summed E-state index contributed by atoms with van der Waals surface area (Å²) < 4.78 is 0. The second-order valence-electron chi connectivity index (χ2n) is 4.95. The van der Waals surface area contributed by atoms with Crippen LogP contribution in [0.5, 0.6) is 0 Å². The van der Waals surface area contributed by atoms with Crippen LogP contribution in [-0.4, -0.2) is 16.1 Å². The molecule has 0 bridgehead atoms. The van der Waals surface area contributed by atoms with Crippen molar-refractivity contribution in [2.75, 3.05) is 0 Å². The van der Waals surface area contributed by atoms with Crippen LogP contribution in [0.15, 0.2) is 18.5 Å². The lowest BCUT2D eigenvalue weighted by Crippen LogP contribution is -2.22. The van der Waals surface area contributed by atoms with Gasteiger partial charge in [0.25, 0.3) is 0 Å². The lowest BCUT2D eigenvalue weighted by atomic mass is 9.79. The summed E-state index contributed by atoms with van der Waals surface area (Å²) >= 11 is 0. The van der Waals surface area contributed by atoms with Crippen molar-refractivity contribution in [1.82, 2.24) is 4.98 Å². The van der Waals surface area contributed by atoms with Crippen molar-refractivity contribution >= 4 is 5.97 Å². The molecular weight excluding hydrogens is 228 g/mol. The summed E-state index contributed by atoms with van der Waals surface area (Å²) in [6.45, 7) is 0. The van der Waals surface area contributed by atoms with Gasteiger partial charge in [-0.25, -0.2) is 0 Å². The van der Waals surface area contributed by atoms with Gasteiger partial charge in [0, 0.05) is 12.4 Å². The fraction of sp³-hybridized carbons (Fsp3) is 0.500. The van der Waals surface area contributed by atoms with Gasteiger partial charge >= 0.3 is 5.97 Å². The van der Waals surface area contributed by atoms with Gasteiger partial charge in [-0.1, -0.05) is 0 Å². The lowest BCUT2D eigenvalue weighted by Gasteiger charge is -2.25. The summed E-state index contributed by atoms with van der Waals surface area (Å²) in [7, 11) is 0. The molecule has 94 valence electrons. The highest BCUT2D eigenvalue weighted by atomic mass is 16.4. The number of nitriles is 1. The van der Waals surface area contributed by atoms with Crippen molar-refractivity contribution < 1.29 is 9.90 Å². The molecule has 4 nitrogen and oxygen atoms in total. The van der Waals surface area contributed by atoms with Crippen molar-refractivity contribution in [2.24, 2.45) is 11.8 Å². The number of hydrogen-bond acceptors (Lipinski definition) is 3. The topological polar surface area (TPSA) is 74.0 Å². The Morgan fingerprint density at radius 3 is 2.72 bits per heavy atom. The number of carboxylic acids is 1. The number of aromatic nitrogens is 1. The van der Waals surface area contributed by atoms with Crippen LogP contribution in [0.25, 0.3) is 0 Å². The first kappa shape index (κ1) is 12.6. The average Bonchev–Trinajstić information content (AvgIpc) is 2.39. The second-order valence-corrected chi connectivity index (χ2v) is 4.95. The molecule has 2 rings (SSSR count). The minimum absolute atomic E-state index is 0.162. The van der Waals surface area contributed by atoms with Gasteiger partial charge in [0.15, 0.2) is 0 Å². The Balaban J connectivity index is 1.91. The number of aliphatic carboxylic acids is 1. The molecule has 1 aliphatic rings. The normalized spacial score (nSPS) is 23.3. The highest BCUT2D eigenvalue weighted by Gasteiger charge is 2.25. The van der Waals surface area contributed by atoms with Gasteiger partial charge in [-0.3, -0.25) is 9.78 Å². The zero-order chi connectivity index (χ0) is 13.0. The van der Waals surface area contributed by atoms with Crippen molar-refractivity contribution in [1.29, 1.82) is 5.26 Å². The number of carboxylic acid groups (broad SMARTS) is 1. The fourth-order valence-electron chi connectivity index (χ4n) is 2.61. The van der Waals surface area contributed by atoms with E-state index in [1.165, 1.54) is 0 Å². The van der Waals surface area contributed by atoms with E-state index >= 15 is 0 Å². The largest absolute Gasteiger partial charge is 0.481 e. The molecule has 0 aromatic carbocycles. The Labute approximate surface area is 106 Å². The first-order chi connectivity index (χ1) is 8.69. The van der Waals surface area contributed by atoms with Crippen LogP contribution in [0.4, 0.5) is 0 Å². The first-order valence-corrected chi connectivity index (χ1v) is 6.26. The highest BCUT2D eigenvalue weighted by molar-refractivity contribution is 5.69. The van der Waals surface area contributed by atoms with Crippen LogP contribution in [0.1, 0.15) is 36.8 Å². The van der Waals surface area contributed by atoms with Crippen molar-refractivity contribution in [3.8, 4) is 6.07 Å². The standard InChI is InChI=1S/C14H16N2O2/c15-7-12-6-11(8-16-9-12)5-10-1-3-13(4-2-10)14(17)18/h6,8-10,13H,1-5H2,(H,17,18)/t10-,13-. The third-order valence-corrected chi connectivity index (χ3v) is 3.64. The van der Waals surface area contributed by atoms with Gasteiger partial charge in [0.05, 0.1) is 11.5 Å². The van der Waals surface area contributed by atoms with Crippen LogP contribution in [0, 0.1) is 23.2 Å². The summed E-state index contributed by atoms with van der Waals surface area (Å²) in [5, 5.41) is 17.7. The van der Waals surface area contributed by atoms with Gasteiger partial charge in [-0.2, -0.15) is 5.26 Å². The summed E-state index contributed by atoms with van der Waals surface area (Å²) in [5.41, 5.74) is 1.67. The maximum Gasteiger partial charge on any atom is 0.306 e. The molecule has 0 spiro atoms. The van der Waals surface area contributed by atoms with Crippen molar-refractivity contribution in [2.45, 2.75) is 32.1 Å². The van der Waals surface area contributed by atoms with E-state index in [-0.39, 0.29) is 5.92 Å². The first-order valence-electron chi connectivity index (χ1n) is 6.26. The Morgan fingerprint density at radius 2 is 2.11 bits per heavy atom. The quantitative estimate of drug-likeness (QED) is 0.885. The molecule has 18 heavy (non-hydrogen) atoms. The van der Waals surface area contributed by atoms with Crippen molar-refractivity contribution in [3.05, 3.63) is 29.6 Å². The van der Waals surface area contributed by atoms with Crippen LogP contribution in [-0.2, 0) is 11.2 Å². The van der Waals surface area contributed by atoms with Gasteiger partial charge in [0.2, 0.25) is 0 Å². The lowest BCUT2D eigenvalue weighted by molar-refractivity contribution is -0.143. The zero-order valence-corrected chi connectivity index (χ0v) is 10.2. The maximum atomic E-state index is 10.9. The molecule has 0 unspecified atom stereocenters. The number of carbonyl (C=O) groups is 1. The maximum absolute atomic E-state index is 10.9. The van der Waals surface area contributed by atoms with Crippen LogP contribution < -0.4 is 0 Å². The van der Waals surface area contributed by atoms with Gasteiger partial charge in [0.1, 0.15) is 6.07 Å². The summed E-state index contributed by atoms with van der Waals surface area (Å²) in [6, 6.07) is 3.96. The molecule has 1 N–H and O–H groups in total. The molecule has 0 amide bonds. The van der Waals surface area contributed by atoms with E-state index in [1.54, 1.807) is 12.4 Å². The Hall–Kier alpha value is -1.89. The molecular formula is C14H16N2O2. The molecule has 0 atom stereocenters. The van der Waals surface area contributed by atoms with E-state index in [2.05, 4.69) is 11.1 Å². The summed E-state index contributed by atoms with van der Waals surface area (Å²) in [5.74, 6) is -0.303. The van der Waals surface area contributed by atoms with Gasteiger partial charge in [-0.15, -0.1) is 0 Å². The number of nitrogens with zero attached hydrogens (tertiary/aromatic N) is 2. The Kier molecular flexibility index (Phi) is 3.93. The highest BCUT2D eigenvalue weighted by Crippen LogP contribution is 2.31. The van der Waals surface area contributed by atoms with E-state index in [9.17, 15) is 4.79 Å². The predicted molar refractivity (Wildman–Crippen MR) is 65.7 cm³/mol. The number of hydrogen-bond donors (Lipinski definition) is 1. The third-order valence-electron chi connectivity index (χ3n) is 3.64. The van der Waals surface area contributed by atoms with Crippen molar-refractivity contribution in [3.63, 3.8) is 0 Å². The molecule has 0 aliphatic heterocycles. The summed E-state index contributed by atoms with van der Waals surface area (Å²) in [6.07, 6.45) is 7.70. The molecule has 4 heteroatoms. The molecule has 1 fully saturated rings. The smallest absolute Gasteiger partial charge is 0.306 e. The Morgan fingerprint density at radius 1 is 1.39 bits per heavy atom. The van der Waals surface area contributed by atoms with E-state index < -0.39 is 5.97 Å². The fourth-order valence-corrected chi connectivity index (χ4v) is 2.61. The molecule has 1 aliphatic carbocycles. The van der Waals surface area contributed by atoms with E-state index in [4.69, 9.17) is 10.4 Å². The molecule has 1 aromatic rings. The minimum Gasteiger partial charge on any atom is -0.481 e. The minimum atomic E-state index is -0.665. The Bertz CT molecular complexity index is 471. The van der Waals surface area contributed by atoms with E-state index in [1.807, 2.05) is 6.07 Å². The van der Waals surface area contributed by atoms with E-state index in [0.29, 0.717) is 11.5 Å². The molecule has 0 saturated heterocycles. The summed E-state index contributed by atoms with van der Waals surface area (Å²) in [4.78, 5) is 14.9. The third kappa shape index (κ3) is 3.07. The number of rotatable bonds is 3.